The summed E-state index contributed by atoms with van der Waals surface area (Å²) in [6, 6.07) is 0. The highest BCUT2D eigenvalue weighted by atomic mass is 16.5. The fourth-order valence-corrected chi connectivity index (χ4v) is 0.880. The zero-order valence-electron chi connectivity index (χ0n) is 7.28. The van der Waals surface area contributed by atoms with Crippen molar-refractivity contribution in [3.05, 3.63) is 11.7 Å². The monoisotopic (exact) mass is 168 g/mol. The van der Waals surface area contributed by atoms with Crippen LogP contribution < -0.4 is 0 Å². The Morgan fingerprint density at radius 3 is 2.92 bits per heavy atom. The van der Waals surface area contributed by atoms with E-state index in [1.54, 1.807) is 0 Å². The van der Waals surface area contributed by atoms with E-state index in [9.17, 15) is 4.79 Å². The van der Waals surface area contributed by atoms with Crippen LogP contribution in [0, 0.1) is 5.92 Å². The Kier molecular flexibility index (Phi) is 2.96. The highest BCUT2D eigenvalue weighted by Gasteiger charge is 2.06. The largest absolute Gasteiger partial charge is 0.339 e. The minimum absolute atomic E-state index is 0.238. The van der Waals surface area contributed by atoms with E-state index in [4.69, 9.17) is 4.52 Å². The predicted octanol–water partition coefficient (Wildman–Crippen LogP) is 1.01. The molecular weight excluding hydrogens is 156 g/mol. The van der Waals surface area contributed by atoms with Crippen molar-refractivity contribution in [2.75, 3.05) is 0 Å². The molecular formula is C8H12N2O2. The number of aromatic nitrogens is 2. The van der Waals surface area contributed by atoms with Crippen LogP contribution in [0.3, 0.4) is 0 Å². The molecule has 1 aromatic heterocycles. The van der Waals surface area contributed by atoms with Crippen molar-refractivity contribution in [1.82, 2.24) is 10.1 Å². The van der Waals surface area contributed by atoms with Gasteiger partial charge in [-0.25, -0.2) is 0 Å². The molecule has 0 aliphatic carbocycles. The lowest BCUT2D eigenvalue weighted by Crippen LogP contribution is -1.95. The summed E-state index contributed by atoms with van der Waals surface area (Å²) in [6.45, 7) is 4.15. The van der Waals surface area contributed by atoms with Crippen LogP contribution in [0.1, 0.15) is 25.6 Å². The molecule has 0 aliphatic rings. The van der Waals surface area contributed by atoms with Gasteiger partial charge in [0.1, 0.15) is 6.29 Å². The zero-order chi connectivity index (χ0) is 8.97. The number of rotatable bonds is 4. The number of carbonyl (C=O) groups excluding carboxylic acids is 1. The quantitative estimate of drug-likeness (QED) is 0.629. The third-order valence-electron chi connectivity index (χ3n) is 1.36. The van der Waals surface area contributed by atoms with Crippen LogP contribution in [0.15, 0.2) is 4.52 Å². The molecule has 0 spiro atoms. The van der Waals surface area contributed by atoms with E-state index in [-0.39, 0.29) is 6.42 Å². The molecule has 0 bridgehead atoms. The second kappa shape index (κ2) is 3.99. The van der Waals surface area contributed by atoms with Crippen molar-refractivity contribution in [1.29, 1.82) is 0 Å². The van der Waals surface area contributed by atoms with Crippen molar-refractivity contribution in [3.63, 3.8) is 0 Å². The van der Waals surface area contributed by atoms with Crippen molar-refractivity contribution >= 4 is 6.29 Å². The van der Waals surface area contributed by atoms with Crippen LogP contribution in [-0.4, -0.2) is 16.4 Å². The summed E-state index contributed by atoms with van der Waals surface area (Å²) >= 11 is 0. The topological polar surface area (TPSA) is 56.0 Å². The fraction of sp³-hybridized carbons (Fsp3) is 0.625. The van der Waals surface area contributed by atoms with E-state index >= 15 is 0 Å². The van der Waals surface area contributed by atoms with Gasteiger partial charge >= 0.3 is 0 Å². The van der Waals surface area contributed by atoms with E-state index in [1.165, 1.54) is 0 Å². The fourth-order valence-electron chi connectivity index (χ4n) is 0.880. The van der Waals surface area contributed by atoms with Gasteiger partial charge in [-0.1, -0.05) is 19.0 Å². The third kappa shape index (κ3) is 2.45. The first kappa shape index (κ1) is 8.90. The van der Waals surface area contributed by atoms with Gasteiger partial charge in [0.2, 0.25) is 5.89 Å². The Hall–Kier alpha value is -1.19. The Morgan fingerprint density at radius 2 is 2.33 bits per heavy atom. The molecule has 0 fully saturated rings. The second-order valence-corrected chi connectivity index (χ2v) is 3.07. The standard InChI is InChI=1S/C8H12N2O2/c1-6(2)5-8-9-7(3-4-11)10-12-8/h4,6H,3,5H2,1-2H3. The summed E-state index contributed by atoms with van der Waals surface area (Å²) in [6.07, 6.45) is 1.78. The zero-order valence-corrected chi connectivity index (χ0v) is 7.28. The lowest BCUT2D eigenvalue weighted by atomic mass is 10.1. The highest BCUT2D eigenvalue weighted by molar-refractivity contribution is 5.52. The van der Waals surface area contributed by atoms with Gasteiger partial charge in [-0.2, -0.15) is 4.98 Å². The van der Waals surface area contributed by atoms with E-state index < -0.39 is 0 Å². The first-order chi connectivity index (χ1) is 5.72. The van der Waals surface area contributed by atoms with Crippen molar-refractivity contribution in [2.45, 2.75) is 26.7 Å². The molecule has 0 atom stereocenters. The van der Waals surface area contributed by atoms with Gasteiger partial charge in [-0.05, 0) is 5.92 Å². The van der Waals surface area contributed by atoms with E-state index in [0.717, 1.165) is 12.7 Å². The van der Waals surface area contributed by atoms with Crippen LogP contribution in [0.25, 0.3) is 0 Å². The van der Waals surface area contributed by atoms with Crippen LogP contribution >= 0.6 is 0 Å². The van der Waals surface area contributed by atoms with Gasteiger partial charge in [-0.15, -0.1) is 0 Å². The molecule has 1 heterocycles. The summed E-state index contributed by atoms with van der Waals surface area (Å²) in [5.41, 5.74) is 0. The molecule has 1 aromatic rings. The molecule has 1 rings (SSSR count). The molecule has 4 heteroatoms. The first-order valence-corrected chi connectivity index (χ1v) is 3.97. The third-order valence-corrected chi connectivity index (χ3v) is 1.36. The van der Waals surface area contributed by atoms with Gasteiger partial charge < -0.3 is 9.32 Å². The van der Waals surface area contributed by atoms with E-state index in [2.05, 4.69) is 24.0 Å². The summed E-state index contributed by atoms with van der Waals surface area (Å²) in [4.78, 5) is 14.1. The van der Waals surface area contributed by atoms with Crippen LogP contribution in [0.2, 0.25) is 0 Å². The molecule has 0 unspecified atom stereocenters. The molecule has 66 valence electrons. The lowest BCUT2D eigenvalue weighted by Gasteiger charge is -1.95. The molecule has 0 aromatic carbocycles. The maximum absolute atomic E-state index is 10.1. The Labute approximate surface area is 71.0 Å². The highest BCUT2D eigenvalue weighted by Crippen LogP contribution is 2.05. The van der Waals surface area contributed by atoms with Gasteiger partial charge in [0, 0.05) is 6.42 Å². The average Bonchev–Trinajstić information content (AvgIpc) is 2.36. The normalized spacial score (nSPS) is 10.6. The van der Waals surface area contributed by atoms with Gasteiger partial charge in [0.15, 0.2) is 5.82 Å². The second-order valence-electron chi connectivity index (χ2n) is 3.07. The van der Waals surface area contributed by atoms with Crippen molar-refractivity contribution in [2.24, 2.45) is 5.92 Å². The number of nitrogens with zero attached hydrogens (tertiary/aromatic N) is 2. The van der Waals surface area contributed by atoms with E-state index in [1.807, 2.05) is 0 Å². The lowest BCUT2D eigenvalue weighted by molar-refractivity contribution is -0.107. The van der Waals surface area contributed by atoms with E-state index in [0.29, 0.717) is 17.6 Å². The minimum atomic E-state index is 0.238. The summed E-state index contributed by atoms with van der Waals surface area (Å²) < 4.78 is 4.91. The summed E-state index contributed by atoms with van der Waals surface area (Å²) in [5, 5.41) is 3.64. The number of aldehydes is 1. The first-order valence-electron chi connectivity index (χ1n) is 3.97. The predicted molar refractivity (Wildman–Crippen MR) is 42.6 cm³/mol. The minimum Gasteiger partial charge on any atom is -0.339 e. The van der Waals surface area contributed by atoms with Crippen molar-refractivity contribution < 1.29 is 9.32 Å². The molecule has 12 heavy (non-hydrogen) atoms. The van der Waals surface area contributed by atoms with Crippen LogP contribution in [-0.2, 0) is 17.6 Å². The Balaban J connectivity index is 2.57. The number of hydrogen-bond acceptors (Lipinski definition) is 4. The number of carbonyl (C=O) groups is 1. The summed E-state index contributed by atoms with van der Waals surface area (Å²) in [5.74, 6) is 1.58. The SMILES string of the molecule is CC(C)Cc1nc(CC=O)no1. The summed E-state index contributed by atoms with van der Waals surface area (Å²) in [7, 11) is 0. The molecule has 0 saturated heterocycles. The van der Waals surface area contributed by atoms with Crippen LogP contribution in [0.4, 0.5) is 0 Å². The Bertz CT molecular complexity index is 255. The Morgan fingerprint density at radius 1 is 1.58 bits per heavy atom. The van der Waals surface area contributed by atoms with Gasteiger partial charge in [0.05, 0.1) is 6.42 Å². The van der Waals surface area contributed by atoms with Crippen LogP contribution in [0.5, 0.6) is 0 Å². The maximum Gasteiger partial charge on any atom is 0.226 e. The molecule has 4 nitrogen and oxygen atoms in total. The smallest absolute Gasteiger partial charge is 0.226 e. The maximum atomic E-state index is 10.1. The molecule has 0 saturated carbocycles. The van der Waals surface area contributed by atoms with Gasteiger partial charge in [0.25, 0.3) is 0 Å². The average molecular weight is 168 g/mol. The molecule has 0 N–H and O–H groups in total. The molecule has 0 aliphatic heterocycles. The van der Waals surface area contributed by atoms with Gasteiger partial charge in [-0.3, -0.25) is 0 Å². The number of hydrogen-bond donors (Lipinski definition) is 0. The van der Waals surface area contributed by atoms with Crippen molar-refractivity contribution in [3.8, 4) is 0 Å². The molecule has 0 radical (unpaired) electrons. The molecule has 0 amide bonds.